The Morgan fingerprint density at radius 3 is 2.83 bits per heavy atom. The molecule has 0 spiro atoms. The molecule has 0 aliphatic heterocycles. The van der Waals surface area contributed by atoms with Crippen LogP contribution in [0.2, 0.25) is 5.02 Å². The lowest BCUT2D eigenvalue weighted by molar-refractivity contribution is 0.414. The van der Waals surface area contributed by atoms with Crippen LogP contribution in [0.25, 0.3) is 11.3 Å². The second kappa shape index (κ2) is 5.80. The van der Waals surface area contributed by atoms with E-state index in [9.17, 15) is 0 Å². The fourth-order valence-electron chi connectivity index (χ4n) is 2.65. The first-order chi connectivity index (χ1) is 11.2. The molecular formula is C18H13ClN2OS. The van der Waals surface area contributed by atoms with Crippen LogP contribution in [-0.2, 0) is 6.42 Å². The van der Waals surface area contributed by atoms with E-state index in [0.717, 1.165) is 33.6 Å². The fourth-order valence-corrected chi connectivity index (χ4v) is 3.72. The van der Waals surface area contributed by atoms with Crippen molar-refractivity contribution in [1.29, 1.82) is 0 Å². The molecule has 23 heavy (non-hydrogen) atoms. The van der Waals surface area contributed by atoms with Crippen LogP contribution >= 0.6 is 22.9 Å². The van der Waals surface area contributed by atoms with E-state index in [2.05, 4.69) is 22.1 Å². The lowest BCUT2D eigenvalue weighted by atomic mass is 10.1. The Morgan fingerprint density at radius 2 is 2.04 bits per heavy atom. The molecule has 2 aromatic carbocycles. The molecule has 3 nitrogen and oxygen atoms in total. The van der Waals surface area contributed by atoms with E-state index in [4.69, 9.17) is 16.3 Å². The zero-order valence-corrected chi connectivity index (χ0v) is 14.0. The Bertz CT molecular complexity index is 900. The first-order valence-electron chi connectivity index (χ1n) is 7.19. The minimum atomic E-state index is 0.724. The number of benzene rings is 2. The fraction of sp³-hybridized carbons (Fsp3) is 0.111. The Labute approximate surface area is 143 Å². The van der Waals surface area contributed by atoms with Crippen molar-refractivity contribution in [2.45, 2.75) is 6.42 Å². The number of fused-ring (bicyclic) bond motifs is 3. The number of thiazole rings is 1. The predicted octanol–water partition coefficient (Wildman–Crippen LogP) is 5.13. The number of aliphatic imine (C=N–C) groups is 1. The van der Waals surface area contributed by atoms with Gasteiger partial charge in [0.25, 0.3) is 0 Å². The average molecular weight is 341 g/mol. The summed E-state index contributed by atoms with van der Waals surface area (Å²) in [4.78, 5) is 10.4. The molecule has 1 aromatic heterocycles. The van der Waals surface area contributed by atoms with E-state index in [1.807, 2.05) is 36.5 Å². The highest BCUT2D eigenvalue weighted by molar-refractivity contribution is 7.15. The van der Waals surface area contributed by atoms with Crippen LogP contribution in [0, 0.1) is 0 Å². The monoisotopic (exact) mass is 340 g/mol. The molecule has 114 valence electrons. The third-order valence-electron chi connectivity index (χ3n) is 3.80. The lowest BCUT2D eigenvalue weighted by Crippen LogP contribution is -1.86. The number of hydrogen-bond donors (Lipinski definition) is 0. The normalized spacial score (nSPS) is 12.4. The molecule has 0 saturated heterocycles. The van der Waals surface area contributed by atoms with Crippen LogP contribution in [0.15, 0.2) is 47.5 Å². The quantitative estimate of drug-likeness (QED) is 0.485. The molecule has 0 amide bonds. The molecule has 4 rings (SSSR count). The second-order valence-electron chi connectivity index (χ2n) is 5.28. The first kappa shape index (κ1) is 14.4. The van der Waals surface area contributed by atoms with E-state index in [1.54, 1.807) is 18.4 Å². The summed E-state index contributed by atoms with van der Waals surface area (Å²) >= 11 is 7.52. The van der Waals surface area contributed by atoms with Crippen LogP contribution in [0.1, 0.15) is 16.0 Å². The van der Waals surface area contributed by atoms with Gasteiger partial charge in [-0.2, -0.15) is 0 Å². The van der Waals surface area contributed by atoms with E-state index < -0.39 is 0 Å². The van der Waals surface area contributed by atoms with Crippen molar-refractivity contribution in [2.24, 2.45) is 4.99 Å². The van der Waals surface area contributed by atoms with Crippen molar-refractivity contribution in [3.63, 3.8) is 0 Å². The summed E-state index contributed by atoms with van der Waals surface area (Å²) in [5.41, 5.74) is 4.52. The maximum Gasteiger partial charge on any atom is 0.209 e. The van der Waals surface area contributed by atoms with E-state index in [-0.39, 0.29) is 0 Å². The molecule has 1 aliphatic rings. The summed E-state index contributed by atoms with van der Waals surface area (Å²) < 4.78 is 5.28. The van der Waals surface area contributed by atoms with Crippen LogP contribution in [-0.4, -0.2) is 18.3 Å². The highest BCUT2D eigenvalue weighted by Crippen LogP contribution is 2.42. The summed E-state index contributed by atoms with van der Waals surface area (Å²) in [6.45, 7) is 0. The maximum absolute atomic E-state index is 5.89. The van der Waals surface area contributed by atoms with Gasteiger partial charge in [0.05, 0.1) is 12.8 Å². The highest BCUT2D eigenvalue weighted by Gasteiger charge is 2.23. The van der Waals surface area contributed by atoms with E-state index in [0.29, 0.717) is 0 Å². The average Bonchev–Trinajstić information content (AvgIpc) is 3.10. The molecule has 0 saturated carbocycles. The van der Waals surface area contributed by atoms with Gasteiger partial charge in [0.2, 0.25) is 5.13 Å². The molecule has 5 heteroatoms. The highest BCUT2D eigenvalue weighted by atomic mass is 35.5. The molecule has 0 fully saturated rings. The smallest absolute Gasteiger partial charge is 0.209 e. The summed E-state index contributed by atoms with van der Waals surface area (Å²) in [7, 11) is 1.69. The van der Waals surface area contributed by atoms with Gasteiger partial charge in [-0.3, -0.25) is 0 Å². The van der Waals surface area contributed by atoms with Gasteiger partial charge in [0, 0.05) is 28.1 Å². The number of methoxy groups -OCH3 is 1. The summed E-state index contributed by atoms with van der Waals surface area (Å²) in [6, 6.07) is 13.7. The largest absolute Gasteiger partial charge is 0.497 e. The topological polar surface area (TPSA) is 34.5 Å². The number of ether oxygens (including phenoxy) is 1. The third kappa shape index (κ3) is 2.76. The molecule has 0 radical (unpaired) electrons. The van der Waals surface area contributed by atoms with Crippen molar-refractivity contribution < 1.29 is 4.74 Å². The SMILES string of the molecule is COc1ccc2c(c1)Cc1sc(N=Cc3ccc(Cl)cc3)nc1-2. The van der Waals surface area contributed by atoms with Crippen molar-refractivity contribution >= 4 is 34.3 Å². The van der Waals surface area contributed by atoms with Gasteiger partial charge in [-0.05, 0) is 41.5 Å². The van der Waals surface area contributed by atoms with Crippen LogP contribution < -0.4 is 4.74 Å². The number of rotatable bonds is 3. The summed E-state index contributed by atoms with van der Waals surface area (Å²) in [5.74, 6) is 0.889. The van der Waals surface area contributed by atoms with E-state index >= 15 is 0 Å². The van der Waals surface area contributed by atoms with Crippen molar-refractivity contribution in [1.82, 2.24) is 4.98 Å². The predicted molar refractivity (Wildman–Crippen MR) is 95.6 cm³/mol. The molecule has 0 N–H and O–H groups in total. The van der Waals surface area contributed by atoms with E-state index in [1.165, 1.54) is 16.0 Å². The number of aromatic nitrogens is 1. The lowest BCUT2D eigenvalue weighted by Gasteiger charge is -2.03. The van der Waals surface area contributed by atoms with Crippen molar-refractivity contribution in [3.05, 3.63) is 63.5 Å². The molecule has 0 bridgehead atoms. The Balaban J connectivity index is 1.61. The molecular weight excluding hydrogens is 328 g/mol. The van der Waals surface area contributed by atoms with Crippen molar-refractivity contribution in [2.75, 3.05) is 7.11 Å². The zero-order valence-electron chi connectivity index (χ0n) is 12.4. The standard InChI is InChI=1S/C18H13ClN2OS/c1-22-14-6-7-15-12(8-14)9-16-17(15)21-18(23-16)20-10-11-2-4-13(19)5-3-11/h2-8,10H,9H2,1H3. The summed E-state index contributed by atoms with van der Waals surface area (Å²) in [5, 5.41) is 1.51. The van der Waals surface area contributed by atoms with Crippen molar-refractivity contribution in [3.8, 4) is 17.0 Å². The number of halogens is 1. The van der Waals surface area contributed by atoms with Gasteiger partial charge >= 0.3 is 0 Å². The van der Waals surface area contributed by atoms with Gasteiger partial charge in [-0.25, -0.2) is 9.98 Å². The Kier molecular flexibility index (Phi) is 3.63. The molecule has 3 aromatic rings. The van der Waals surface area contributed by atoms with Gasteiger partial charge in [0.1, 0.15) is 5.75 Å². The van der Waals surface area contributed by atoms with Gasteiger partial charge in [0.15, 0.2) is 0 Å². The number of nitrogens with zero attached hydrogens (tertiary/aromatic N) is 2. The number of hydrogen-bond acceptors (Lipinski definition) is 4. The molecule has 0 atom stereocenters. The van der Waals surface area contributed by atoms with Crippen LogP contribution in [0.3, 0.4) is 0 Å². The Hall–Kier alpha value is -2.17. The molecule has 0 unspecified atom stereocenters. The summed E-state index contributed by atoms with van der Waals surface area (Å²) in [6.07, 6.45) is 2.72. The zero-order chi connectivity index (χ0) is 15.8. The maximum atomic E-state index is 5.89. The first-order valence-corrected chi connectivity index (χ1v) is 8.39. The minimum Gasteiger partial charge on any atom is -0.497 e. The Morgan fingerprint density at radius 1 is 1.22 bits per heavy atom. The third-order valence-corrected chi connectivity index (χ3v) is 5.01. The van der Waals surface area contributed by atoms with Gasteiger partial charge < -0.3 is 4.74 Å². The second-order valence-corrected chi connectivity index (χ2v) is 6.78. The minimum absolute atomic E-state index is 0.724. The van der Waals surface area contributed by atoms with Gasteiger partial charge in [-0.15, -0.1) is 0 Å². The molecule has 1 heterocycles. The van der Waals surface area contributed by atoms with Crippen LogP contribution in [0.4, 0.5) is 5.13 Å². The van der Waals surface area contributed by atoms with Gasteiger partial charge in [-0.1, -0.05) is 35.1 Å². The molecule has 1 aliphatic carbocycles. The van der Waals surface area contributed by atoms with Crippen LogP contribution in [0.5, 0.6) is 5.75 Å².